The fraction of sp³-hybridized carbons (Fsp3) is 0.457. The van der Waals surface area contributed by atoms with Gasteiger partial charge in [0, 0.05) is 55.8 Å². The first-order valence-corrected chi connectivity index (χ1v) is 15.1. The van der Waals surface area contributed by atoms with E-state index in [1.54, 1.807) is 17.0 Å². The number of aromatic carboxylic acids is 1. The smallest absolute Gasteiger partial charge is 0.410 e. The fourth-order valence-electron chi connectivity index (χ4n) is 6.91. The van der Waals surface area contributed by atoms with Crippen molar-refractivity contribution in [2.24, 2.45) is 10.8 Å². The van der Waals surface area contributed by atoms with Crippen molar-refractivity contribution in [2.75, 3.05) is 44.2 Å². The molecule has 2 aliphatic heterocycles. The number of para-hydroxylation sites is 1. The van der Waals surface area contributed by atoms with Gasteiger partial charge in [-0.1, -0.05) is 62.8 Å². The highest BCUT2D eigenvalue weighted by atomic mass is 16.6. The van der Waals surface area contributed by atoms with Gasteiger partial charge in [0.05, 0.1) is 11.1 Å². The zero-order valence-corrected chi connectivity index (χ0v) is 26.1. The Morgan fingerprint density at radius 1 is 0.860 bits per heavy atom. The van der Waals surface area contributed by atoms with Crippen LogP contribution in [0.15, 0.2) is 66.3 Å². The van der Waals surface area contributed by atoms with Crippen molar-refractivity contribution in [3.8, 4) is 0 Å². The van der Waals surface area contributed by atoms with E-state index in [1.165, 1.54) is 11.1 Å². The Morgan fingerprint density at radius 2 is 1.51 bits per heavy atom. The number of amides is 2. The van der Waals surface area contributed by atoms with Crippen molar-refractivity contribution >= 4 is 29.2 Å². The summed E-state index contributed by atoms with van der Waals surface area (Å²) in [5.74, 6) is -0.918. The van der Waals surface area contributed by atoms with Crippen LogP contribution in [0, 0.1) is 10.8 Å². The Balaban J connectivity index is 1.32. The predicted molar refractivity (Wildman–Crippen MR) is 168 cm³/mol. The molecule has 1 saturated heterocycles. The van der Waals surface area contributed by atoms with Crippen LogP contribution in [0.25, 0.3) is 5.57 Å². The van der Waals surface area contributed by atoms with Gasteiger partial charge in [-0.2, -0.15) is 0 Å². The highest BCUT2D eigenvalue weighted by Gasteiger charge is 2.46. The Labute approximate surface area is 254 Å². The van der Waals surface area contributed by atoms with E-state index in [0.717, 1.165) is 17.7 Å². The van der Waals surface area contributed by atoms with Crippen molar-refractivity contribution in [2.45, 2.75) is 53.6 Å². The van der Waals surface area contributed by atoms with Crippen LogP contribution in [-0.4, -0.2) is 77.7 Å². The molecule has 0 bridgehead atoms. The van der Waals surface area contributed by atoms with Gasteiger partial charge >= 0.3 is 12.1 Å². The molecular weight excluding hydrogens is 542 g/mol. The number of benzene rings is 2. The summed E-state index contributed by atoms with van der Waals surface area (Å²) in [6, 6.07) is 14.9. The van der Waals surface area contributed by atoms with Crippen LogP contribution in [0.5, 0.6) is 0 Å². The molecule has 8 heteroatoms. The minimum atomic E-state index is -0.930. The lowest BCUT2D eigenvalue weighted by Gasteiger charge is -2.50. The van der Waals surface area contributed by atoms with Gasteiger partial charge in [-0.05, 0) is 62.6 Å². The van der Waals surface area contributed by atoms with Gasteiger partial charge in [0.2, 0.25) is 0 Å². The zero-order valence-electron chi connectivity index (χ0n) is 26.1. The molecule has 2 heterocycles. The van der Waals surface area contributed by atoms with Crippen molar-refractivity contribution in [1.82, 2.24) is 9.80 Å². The number of carbonyl (C=O) groups excluding carboxylic acids is 2. The van der Waals surface area contributed by atoms with Crippen molar-refractivity contribution < 1.29 is 24.2 Å². The van der Waals surface area contributed by atoms with E-state index in [2.05, 4.69) is 37.8 Å². The quantitative estimate of drug-likeness (QED) is 0.421. The number of nitrogens with zero attached hydrogens (tertiary/aromatic N) is 3. The molecule has 5 rings (SSSR count). The molecule has 1 fully saturated rings. The normalized spacial score (nSPS) is 21.9. The molecule has 2 aromatic rings. The van der Waals surface area contributed by atoms with E-state index >= 15 is 0 Å². The van der Waals surface area contributed by atoms with E-state index in [1.807, 2.05) is 62.1 Å². The molecule has 8 nitrogen and oxygen atoms in total. The average Bonchev–Trinajstić information content (AvgIpc) is 2.95. The van der Waals surface area contributed by atoms with Crippen molar-refractivity contribution in [3.05, 3.63) is 82.9 Å². The van der Waals surface area contributed by atoms with E-state index in [0.29, 0.717) is 44.8 Å². The number of fused-ring (bicyclic) bond motifs is 1. The molecule has 1 atom stereocenters. The summed E-state index contributed by atoms with van der Waals surface area (Å²) < 4.78 is 5.55. The number of carbonyl (C=O) groups is 3. The largest absolute Gasteiger partial charge is 0.478 e. The molecule has 0 spiro atoms. The number of carboxylic acid groups (broad SMARTS) is 1. The van der Waals surface area contributed by atoms with Crippen molar-refractivity contribution in [3.63, 3.8) is 0 Å². The van der Waals surface area contributed by atoms with Crippen LogP contribution in [0.3, 0.4) is 0 Å². The number of anilines is 1. The maximum Gasteiger partial charge on any atom is 0.410 e. The number of rotatable bonds is 4. The third kappa shape index (κ3) is 6.05. The van der Waals surface area contributed by atoms with E-state index < -0.39 is 11.6 Å². The summed E-state index contributed by atoms with van der Waals surface area (Å²) in [4.78, 5) is 43.9. The number of carboxylic acids is 1. The maximum atomic E-state index is 14.1. The van der Waals surface area contributed by atoms with Gasteiger partial charge in [-0.3, -0.25) is 4.79 Å². The third-order valence-corrected chi connectivity index (χ3v) is 8.95. The third-order valence-electron chi connectivity index (χ3n) is 8.95. The Morgan fingerprint density at radius 3 is 2.14 bits per heavy atom. The molecule has 2 aromatic carbocycles. The Hall–Kier alpha value is -4.07. The Bertz CT molecular complexity index is 1480. The monoisotopic (exact) mass is 585 g/mol. The van der Waals surface area contributed by atoms with Crippen LogP contribution in [0.4, 0.5) is 10.5 Å². The predicted octanol–water partition coefficient (Wildman–Crippen LogP) is 6.34. The lowest BCUT2D eigenvalue weighted by molar-refractivity contribution is 0.0240. The second-order valence-electron chi connectivity index (χ2n) is 13.7. The first-order valence-electron chi connectivity index (χ1n) is 15.1. The average molecular weight is 586 g/mol. The first kappa shape index (κ1) is 30.4. The van der Waals surface area contributed by atoms with Crippen LogP contribution >= 0.6 is 0 Å². The van der Waals surface area contributed by atoms with Crippen LogP contribution < -0.4 is 4.90 Å². The molecule has 228 valence electrons. The molecule has 0 unspecified atom stereocenters. The lowest BCUT2D eigenvalue weighted by Crippen LogP contribution is -2.51. The molecule has 2 amide bonds. The molecular formula is C35H43N3O5. The minimum absolute atomic E-state index is 0.0125. The Kier molecular flexibility index (Phi) is 7.92. The zero-order chi connectivity index (χ0) is 31.2. The summed E-state index contributed by atoms with van der Waals surface area (Å²) in [6.45, 7) is 15.7. The second-order valence-corrected chi connectivity index (χ2v) is 13.7. The van der Waals surface area contributed by atoms with Crippen LogP contribution in [0.1, 0.15) is 74.2 Å². The van der Waals surface area contributed by atoms with E-state index in [9.17, 15) is 19.5 Å². The number of hydrogen-bond donors (Lipinski definition) is 1. The summed E-state index contributed by atoms with van der Waals surface area (Å²) in [7, 11) is 0. The molecule has 43 heavy (non-hydrogen) atoms. The van der Waals surface area contributed by atoms with Gasteiger partial charge in [-0.25, -0.2) is 9.59 Å². The number of ether oxygens (including phenoxy) is 1. The van der Waals surface area contributed by atoms with Crippen LogP contribution in [0.2, 0.25) is 0 Å². The molecule has 1 aliphatic carbocycles. The van der Waals surface area contributed by atoms with Gasteiger partial charge < -0.3 is 24.5 Å². The molecule has 1 N–H and O–H groups in total. The second kappa shape index (κ2) is 11.2. The van der Waals surface area contributed by atoms with E-state index in [-0.39, 0.29) is 28.4 Å². The molecule has 3 aliphatic rings. The molecule has 0 saturated carbocycles. The minimum Gasteiger partial charge on any atom is -0.478 e. The first-order chi connectivity index (χ1) is 20.2. The van der Waals surface area contributed by atoms with Gasteiger partial charge in [-0.15, -0.1) is 0 Å². The summed E-state index contributed by atoms with van der Waals surface area (Å²) in [6.07, 6.45) is 4.98. The van der Waals surface area contributed by atoms with Crippen LogP contribution in [-0.2, 0) is 4.74 Å². The van der Waals surface area contributed by atoms with Gasteiger partial charge in [0.15, 0.2) is 0 Å². The lowest BCUT2D eigenvalue weighted by atomic mass is 9.58. The topological polar surface area (TPSA) is 90.4 Å². The molecule has 0 radical (unpaired) electrons. The van der Waals surface area contributed by atoms with Gasteiger partial charge in [0.1, 0.15) is 5.60 Å². The SMILES string of the molecule is CC(C)(C)OC(=O)N1CCN(c2ccccc2C(=O)N2CC=C3C(C)(C)C(c4ccc(C(=O)O)cc4)=CC[C@]3(C)C2)CC1. The highest BCUT2D eigenvalue weighted by molar-refractivity contribution is 6.00. The maximum absolute atomic E-state index is 14.1. The number of piperazine rings is 1. The highest BCUT2D eigenvalue weighted by Crippen LogP contribution is 2.55. The summed E-state index contributed by atoms with van der Waals surface area (Å²) in [5, 5.41) is 9.31. The number of allylic oxidation sites excluding steroid dienone is 2. The van der Waals surface area contributed by atoms with E-state index in [4.69, 9.17) is 4.74 Å². The van der Waals surface area contributed by atoms with Crippen molar-refractivity contribution in [1.29, 1.82) is 0 Å². The number of hydrogen-bond acceptors (Lipinski definition) is 5. The molecule has 0 aromatic heterocycles. The fourth-order valence-corrected chi connectivity index (χ4v) is 6.91. The summed E-state index contributed by atoms with van der Waals surface area (Å²) in [5.41, 5.74) is 4.36. The standard InChI is InChI=1S/C35H43N3O5/c1-33(2,3)43-32(42)37-21-19-36(20-22-37)28-10-8-7-9-26(28)30(39)38-18-16-29-34(4,5)27(15-17-35(29,6)23-38)24-11-13-25(14-12-24)31(40)41/h7-16H,17-23H2,1-6H3,(H,40,41)/t35-/m1/s1. The van der Waals surface area contributed by atoms with Gasteiger partial charge in [0.25, 0.3) is 5.91 Å². The summed E-state index contributed by atoms with van der Waals surface area (Å²) >= 11 is 0.